The highest BCUT2D eigenvalue weighted by molar-refractivity contribution is 6.13. The van der Waals surface area contributed by atoms with Crippen molar-refractivity contribution in [2.24, 2.45) is 0 Å². The number of benzene rings is 7. The Hall–Kier alpha value is -6.85. The van der Waals surface area contributed by atoms with E-state index in [4.69, 9.17) is 35.8 Å². The number of para-hydroxylation sites is 1. The highest BCUT2D eigenvalue weighted by Gasteiger charge is 2.19. The number of rotatable bonds is 5. The first kappa shape index (κ1) is 15.6. The number of aromatic nitrogens is 4. The number of hydrogen-bond acceptors (Lipinski definition) is 4. The largest absolute Gasteiger partial charge is 0.456 e. The molecular weight excluding hydrogens is 613 g/mol. The van der Waals surface area contributed by atoms with Gasteiger partial charge >= 0.3 is 0 Å². The van der Waals surface area contributed by atoms with Gasteiger partial charge in [-0.3, -0.25) is 0 Å². The topological polar surface area (TPSA) is 56.7 Å². The molecule has 10 rings (SSSR count). The van der Waals surface area contributed by atoms with Crippen LogP contribution in [0.1, 0.15) is 24.7 Å². The molecule has 5 nitrogen and oxygen atoms in total. The molecule has 0 aliphatic rings. The molecule has 10 aromatic rings. The second kappa shape index (κ2) is 11.4. The monoisotopic (exact) mass is 658 g/mol. The molecule has 0 N–H and O–H groups in total. The van der Waals surface area contributed by atoms with Gasteiger partial charge in [-0.1, -0.05) is 133 Å². The van der Waals surface area contributed by atoms with Crippen molar-refractivity contribution in [3.63, 3.8) is 0 Å². The van der Waals surface area contributed by atoms with Gasteiger partial charge in [-0.25, -0.2) is 15.0 Å². The minimum atomic E-state index is -0.823. The summed E-state index contributed by atoms with van der Waals surface area (Å²) < 4.78 is 169. The van der Waals surface area contributed by atoms with Crippen molar-refractivity contribution in [1.82, 2.24) is 19.5 Å². The number of furan rings is 1. The third-order valence-electron chi connectivity index (χ3n) is 8.11. The molecule has 0 aliphatic carbocycles. The molecule has 3 heterocycles. The van der Waals surface area contributed by atoms with Crippen LogP contribution in [-0.4, -0.2) is 19.5 Å². The van der Waals surface area contributed by atoms with Gasteiger partial charge in [0.05, 0.1) is 35.7 Å². The smallest absolute Gasteiger partial charge is 0.164 e. The Morgan fingerprint density at radius 3 is 1.88 bits per heavy atom. The van der Waals surface area contributed by atoms with E-state index < -0.39 is 159 Å². The molecule has 0 atom stereocenters. The summed E-state index contributed by atoms with van der Waals surface area (Å²) in [6.07, 6.45) is 0. The van der Waals surface area contributed by atoms with Crippen LogP contribution >= 0.6 is 0 Å². The zero-order valence-electron chi connectivity index (χ0n) is 43.5. The minimum Gasteiger partial charge on any atom is -0.456 e. The third kappa shape index (κ3) is 4.60. The molecule has 7 aromatic carbocycles. The van der Waals surface area contributed by atoms with E-state index in [2.05, 4.69) is 0 Å². The molecule has 0 bridgehead atoms. The molecular formula is C45H28N4O. The lowest BCUT2D eigenvalue weighted by atomic mass is 10.0. The molecule has 3 aromatic heterocycles. The van der Waals surface area contributed by atoms with Crippen LogP contribution in [0.5, 0.6) is 0 Å². The summed E-state index contributed by atoms with van der Waals surface area (Å²) in [7, 11) is 0. The summed E-state index contributed by atoms with van der Waals surface area (Å²) in [5.41, 5.74) is -2.89. The van der Waals surface area contributed by atoms with Crippen molar-refractivity contribution in [2.45, 2.75) is 0 Å². The summed E-state index contributed by atoms with van der Waals surface area (Å²) in [6.45, 7) is 0. The predicted molar refractivity (Wildman–Crippen MR) is 203 cm³/mol. The van der Waals surface area contributed by atoms with E-state index in [-0.39, 0.29) is 33.8 Å². The van der Waals surface area contributed by atoms with E-state index in [1.54, 1.807) is 60.7 Å². The highest BCUT2D eigenvalue weighted by atomic mass is 16.3. The first-order valence-corrected chi connectivity index (χ1v) is 15.2. The van der Waals surface area contributed by atoms with Crippen LogP contribution in [-0.2, 0) is 0 Å². The summed E-state index contributed by atoms with van der Waals surface area (Å²) in [5, 5.41) is -1.30. The van der Waals surface area contributed by atoms with Crippen LogP contribution < -0.4 is 0 Å². The molecule has 0 fully saturated rings. The molecule has 0 saturated heterocycles. The molecule has 0 unspecified atom stereocenters. The molecule has 5 heteroatoms. The van der Waals surface area contributed by atoms with Gasteiger partial charge < -0.3 is 8.98 Å². The van der Waals surface area contributed by atoms with Gasteiger partial charge in [0.25, 0.3) is 0 Å². The van der Waals surface area contributed by atoms with Gasteiger partial charge in [0, 0.05) is 50.0 Å². The Morgan fingerprint density at radius 1 is 0.460 bits per heavy atom. The van der Waals surface area contributed by atoms with Crippen molar-refractivity contribution >= 4 is 43.7 Å². The summed E-state index contributed by atoms with van der Waals surface area (Å²) in [5.74, 6) is 0.167. The van der Waals surface area contributed by atoms with Crippen molar-refractivity contribution in [3.8, 4) is 51.0 Å². The molecule has 0 saturated carbocycles. The molecule has 0 amide bonds. The quantitative estimate of drug-likeness (QED) is 0.185. The Kier molecular flexibility index (Phi) is 3.55. The van der Waals surface area contributed by atoms with Crippen molar-refractivity contribution in [1.29, 1.82) is 0 Å². The first-order chi connectivity index (χ1) is 32.3. The highest BCUT2D eigenvalue weighted by Crippen LogP contribution is 2.39. The van der Waals surface area contributed by atoms with Crippen molar-refractivity contribution in [3.05, 3.63) is 169 Å². The zero-order valence-corrected chi connectivity index (χ0v) is 25.5. The van der Waals surface area contributed by atoms with Crippen LogP contribution in [0, 0.1) is 0 Å². The van der Waals surface area contributed by atoms with E-state index in [9.17, 15) is 8.22 Å². The van der Waals surface area contributed by atoms with E-state index in [0.29, 0.717) is 11.1 Å². The number of fused-ring (bicyclic) bond motifs is 6. The third-order valence-corrected chi connectivity index (χ3v) is 8.11. The van der Waals surface area contributed by atoms with E-state index >= 15 is 0 Å². The lowest BCUT2D eigenvalue weighted by Gasteiger charge is -2.10. The average Bonchev–Trinajstić information content (AvgIpc) is 3.92. The van der Waals surface area contributed by atoms with E-state index in [1.807, 2.05) is 0 Å². The average molecular weight is 659 g/mol. The Balaban J connectivity index is 1.37. The fourth-order valence-electron chi connectivity index (χ4n) is 5.87. The van der Waals surface area contributed by atoms with Crippen LogP contribution in [0.2, 0.25) is 0 Å². The van der Waals surface area contributed by atoms with Crippen LogP contribution in [0.25, 0.3) is 94.7 Å². The molecule has 234 valence electrons. The standard InChI is InChI=1S/C45H28N4O/c1-4-13-29(14-5-1)32-23-25-35-34-19-10-11-21-38(34)49(39(35)27-32)33-24-26-36-41(28-33)50-40-22-12-20-37(42(36)40)45-47-43(30-15-6-2-7-16-30)46-44(48-45)31-17-8-3-9-18-31/h1-28H/i1D,4D,5D,10D,11D,12D,13D,14D,19D,20D,21D,22D,23D,24D,25D,26D,27D,28D. The number of nitrogens with zero attached hydrogens (tertiary/aromatic N) is 4. The second-order valence-electron chi connectivity index (χ2n) is 11.1. The summed E-state index contributed by atoms with van der Waals surface area (Å²) in [4.78, 5) is 14.1. The fourth-order valence-corrected chi connectivity index (χ4v) is 5.87. The number of hydrogen-bond donors (Lipinski definition) is 0. The van der Waals surface area contributed by atoms with Gasteiger partial charge in [0.1, 0.15) is 11.2 Å². The Labute approximate surface area is 313 Å². The predicted octanol–water partition coefficient (Wildman–Crippen LogP) is 11.5. The molecule has 50 heavy (non-hydrogen) atoms. The Bertz CT molecular complexity index is 3810. The molecule has 0 radical (unpaired) electrons. The summed E-state index contributed by atoms with van der Waals surface area (Å²) >= 11 is 0. The molecule has 0 aliphatic heterocycles. The van der Waals surface area contributed by atoms with Gasteiger partial charge in [-0.2, -0.15) is 0 Å². The van der Waals surface area contributed by atoms with Crippen LogP contribution in [0.3, 0.4) is 0 Å². The second-order valence-corrected chi connectivity index (χ2v) is 11.1. The zero-order chi connectivity index (χ0) is 48.7. The lowest BCUT2D eigenvalue weighted by molar-refractivity contribution is 0.668. The van der Waals surface area contributed by atoms with Gasteiger partial charge in [-0.15, -0.1) is 0 Å². The van der Waals surface area contributed by atoms with Crippen LogP contribution in [0.15, 0.2) is 174 Å². The van der Waals surface area contributed by atoms with E-state index in [0.717, 1.165) is 4.57 Å². The molecule has 0 spiro atoms. The van der Waals surface area contributed by atoms with Gasteiger partial charge in [0.2, 0.25) is 0 Å². The first-order valence-electron chi connectivity index (χ1n) is 24.2. The van der Waals surface area contributed by atoms with Crippen LogP contribution in [0.4, 0.5) is 0 Å². The Morgan fingerprint density at radius 2 is 1.12 bits per heavy atom. The maximum atomic E-state index is 9.75. The summed E-state index contributed by atoms with van der Waals surface area (Å²) in [6, 6.07) is 4.08. The SMILES string of the molecule is [2H]c1c([2H])c([2H])c(-c2c([2H])c([2H])c3c4c([2H])c([2H])c([2H])c([2H])c4n(-c4c([2H])c([2H])c5c(oc6c([2H])c([2H])c([2H])c(-c7nc(-c8ccccc8)nc(-c8ccccc8)n7)c65)c4[2H])c3c2[2H])c([2H])c1[2H]. The maximum absolute atomic E-state index is 9.75. The fraction of sp³-hybridized carbons (Fsp3) is 0. The van der Waals surface area contributed by atoms with E-state index in [1.165, 1.54) is 0 Å². The van der Waals surface area contributed by atoms with Crippen molar-refractivity contribution < 1.29 is 29.1 Å². The van der Waals surface area contributed by atoms with Gasteiger partial charge in [0.15, 0.2) is 17.5 Å². The lowest BCUT2D eigenvalue weighted by Crippen LogP contribution is -2.00. The maximum Gasteiger partial charge on any atom is 0.164 e. The minimum absolute atomic E-state index is 0.168. The van der Waals surface area contributed by atoms with Gasteiger partial charge in [-0.05, 0) is 41.3 Å². The van der Waals surface area contributed by atoms with Crippen molar-refractivity contribution in [2.75, 3.05) is 0 Å². The normalized spacial score (nSPS) is 16.6.